The SMILES string of the molecule is CCCCCCCCCC(=O)NCCCCCCN=C(N)N. The number of nitrogens with two attached hydrogens (primary N) is 2. The standard InChI is InChI=1S/C17H36N4O/c1-2-3-4-5-6-7-10-13-16(22)20-14-11-8-9-12-15-21-17(18)19/h2-15H2,1H3,(H,20,22)(H4,18,19,21). The van der Waals surface area contributed by atoms with Gasteiger partial charge in [0.1, 0.15) is 0 Å². The Labute approximate surface area is 136 Å². The van der Waals surface area contributed by atoms with Crippen molar-refractivity contribution in [3.05, 3.63) is 0 Å². The highest BCUT2D eigenvalue weighted by Gasteiger charge is 2.00. The fraction of sp³-hybridized carbons (Fsp3) is 0.882. The van der Waals surface area contributed by atoms with Crippen molar-refractivity contribution in [2.75, 3.05) is 13.1 Å². The van der Waals surface area contributed by atoms with Gasteiger partial charge in [-0.2, -0.15) is 0 Å². The van der Waals surface area contributed by atoms with Crippen molar-refractivity contribution < 1.29 is 4.79 Å². The maximum absolute atomic E-state index is 11.6. The van der Waals surface area contributed by atoms with Crippen LogP contribution in [-0.2, 0) is 4.79 Å². The number of nitrogens with one attached hydrogen (secondary N) is 1. The number of nitrogens with zero attached hydrogens (tertiary/aromatic N) is 1. The lowest BCUT2D eigenvalue weighted by molar-refractivity contribution is -0.121. The van der Waals surface area contributed by atoms with Gasteiger partial charge in [0.05, 0.1) is 0 Å². The molecule has 0 saturated carbocycles. The summed E-state index contributed by atoms with van der Waals surface area (Å²) in [4.78, 5) is 15.6. The first-order valence-corrected chi connectivity index (χ1v) is 8.99. The molecule has 0 aliphatic heterocycles. The summed E-state index contributed by atoms with van der Waals surface area (Å²) in [6.45, 7) is 3.72. The zero-order valence-electron chi connectivity index (χ0n) is 14.4. The smallest absolute Gasteiger partial charge is 0.219 e. The summed E-state index contributed by atoms with van der Waals surface area (Å²) in [5, 5.41) is 3.00. The first-order valence-electron chi connectivity index (χ1n) is 8.99. The van der Waals surface area contributed by atoms with Crippen molar-refractivity contribution in [3.8, 4) is 0 Å². The molecular weight excluding hydrogens is 276 g/mol. The van der Waals surface area contributed by atoms with Crippen molar-refractivity contribution in [1.29, 1.82) is 0 Å². The Hall–Kier alpha value is -1.26. The zero-order chi connectivity index (χ0) is 16.5. The highest BCUT2D eigenvalue weighted by atomic mass is 16.1. The highest BCUT2D eigenvalue weighted by Crippen LogP contribution is 2.08. The van der Waals surface area contributed by atoms with Gasteiger partial charge in [-0.1, -0.05) is 58.3 Å². The monoisotopic (exact) mass is 312 g/mol. The summed E-state index contributed by atoms with van der Waals surface area (Å²) in [6.07, 6.45) is 13.7. The van der Waals surface area contributed by atoms with E-state index in [1.807, 2.05) is 0 Å². The van der Waals surface area contributed by atoms with E-state index in [9.17, 15) is 4.79 Å². The minimum absolute atomic E-state index is 0.164. The van der Waals surface area contributed by atoms with E-state index in [4.69, 9.17) is 11.5 Å². The lowest BCUT2D eigenvalue weighted by Crippen LogP contribution is -2.24. The summed E-state index contributed by atoms with van der Waals surface area (Å²) in [5.41, 5.74) is 10.5. The molecule has 0 atom stereocenters. The molecule has 0 aliphatic rings. The summed E-state index contributed by atoms with van der Waals surface area (Å²) >= 11 is 0. The third-order valence-electron chi connectivity index (χ3n) is 3.71. The molecule has 0 aliphatic carbocycles. The fourth-order valence-corrected chi connectivity index (χ4v) is 2.36. The van der Waals surface area contributed by atoms with Gasteiger partial charge < -0.3 is 16.8 Å². The predicted molar refractivity (Wildman–Crippen MR) is 94.8 cm³/mol. The number of guanidine groups is 1. The third kappa shape index (κ3) is 16.8. The summed E-state index contributed by atoms with van der Waals surface area (Å²) in [7, 11) is 0. The molecule has 130 valence electrons. The topological polar surface area (TPSA) is 93.5 Å². The fourth-order valence-electron chi connectivity index (χ4n) is 2.36. The molecule has 0 aromatic rings. The van der Waals surface area contributed by atoms with E-state index in [1.54, 1.807) is 0 Å². The van der Waals surface area contributed by atoms with Gasteiger partial charge in [-0.25, -0.2) is 0 Å². The molecule has 0 rings (SSSR count). The van der Waals surface area contributed by atoms with Crippen LogP contribution in [0.1, 0.15) is 84.0 Å². The Bertz CT molecular complexity index is 288. The average molecular weight is 313 g/mol. The number of hydrogen-bond acceptors (Lipinski definition) is 2. The summed E-state index contributed by atoms with van der Waals surface area (Å²) < 4.78 is 0. The predicted octanol–water partition coefficient (Wildman–Crippen LogP) is 3.08. The molecule has 5 N–H and O–H groups in total. The molecule has 5 nitrogen and oxygen atoms in total. The molecule has 0 heterocycles. The molecule has 0 fully saturated rings. The van der Waals surface area contributed by atoms with E-state index in [0.29, 0.717) is 13.0 Å². The first kappa shape index (κ1) is 20.7. The molecule has 0 aromatic heterocycles. The third-order valence-corrected chi connectivity index (χ3v) is 3.71. The number of amides is 1. The van der Waals surface area contributed by atoms with Crippen LogP contribution in [0.15, 0.2) is 4.99 Å². The van der Waals surface area contributed by atoms with Gasteiger partial charge in [-0.05, 0) is 19.3 Å². The molecule has 0 aromatic carbocycles. The second kappa shape index (κ2) is 16.1. The van der Waals surface area contributed by atoms with Crippen molar-refractivity contribution in [2.45, 2.75) is 84.0 Å². The lowest BCUT2D eigenvalue weighted by atomic mass is 10.1. The Balaban J connectivity index is 3.21. The number of unbranched alkanes of at least 4 members (excludes halogenated alkanes) is 9. The number of carbonyl (C=O) groups excluding carboxylic acids is 1. The Morgan fingerprint density at radius 1 is 0.864 bits per heavy atom. The first-order chi connectivity index (χ1) is 10.7. The van der Waals surface area contributed by atoms with Crippen molar-refractivity contribution >= 4 is 11.9 Å². The Morgan fingerprint density at radius 2 is 1.45 bits per heavy atom. The molecule has 22 heavy (non-hydrogen) atoms. The largest absolute Gasteiger partial charge is 0.370 e. The van der Waals surface area contributed by atoms with Gasteiger partial charge >= 0.3 is 0 Å². The van der Waals surface area contributed by atoms with Crippen molar-refractivity contribution in [1.82, 2.24) is 5.32 Å². The second-order valence-corrected chi connectivity index (χ2v) is 5.94. The van der Waals surface area contributed by atoms with Crippen molar-refractivity contribution in [3.63, 3.8) is 0 Å². The van der Waals surface area contributed by atoms with Crippen LogP contribution in [0.4, 0.5) is 0 Å². The Morgan fingerprint density at radius 3 is 2.14 bits per heavy atom. The minimum Gasteiger partial charge on any atom is -0.370 e. The molecule has 0 unspecified atom stereocenters. The number of rotatable bonds is 15. The molecule has 0 spiro atoms. The molecule has 5 heteroatoms. The molecular formula is C17H36N4O. The van der Waals surface area contributed by atoms with Gasteiger partial charge in [0, 0.05) is 19.5 Å². The van der Waals surface area contributed by atoms with E-state index < -0.39 is 0 Å². The van der Waals surface area contributed by atoms with Gasteiger partial charge in [-0.3, -0.25) is 9.79 Å². The maximum Gasteiger partial charge on any atom is 0.219 e. The van der Waals surface area contributed by atoms with Crippen LogP contribution in [0.3, 0.4) is 0 Å². The molecule has 0 saturated heterocycles. The summed E-state index contributed by atoms with van der Waals surface area (Å²) in [6, 6.07) is 0. The Kier molecular flexibility index (Phi) is 15.2. The van der Waals surface area contributed by atoms with Crippen molar-refractivity contribution in [2.24, 2.45) is 16.5 Å². The van der Waals surface area contributed by atoms with Crippen LogP contribution < -0.4 is 16.8 Å². The van der Waals surface area contributed by atoms with Gasteiger partial charge in [0.15, 0.2) is 5.96 Å². The van der Waals surface area contributed by atoms with E-state index in [2.05, 4.69) is 17.2 Å². The van der Waals surface area contributed by atoms with Gasteiger partial charge in [-0.15, -0.1) is 0 Å². The van der Waals surface area contributed by atoms with Crippen LogP contribution in [0, 0.1) is 0 Å². The summed E-state index contributed by atoms with van der Waals surface area (Å²) in [5.74, 6) is 0.367. The molecule has 0 radical (unpaired) electrons. The minimum atomic E-state index is 0.164. The lowest BCUT2D eigenvalue weighted by Gasteiger charge is -2.05. The van der Waals surface area contributed by atoms with E-state index in [0.717, 1.165) is 38.6 Å². The van der Waals surface area contributed by atoms with Gasteiger partial charge in [0.2, 0.25) is 5.91 Å². The van der Waals surface area contributed by atoms with Gasteiger partial charge in [0.25, 0.3) is 0 Å². The van der Waals surface area contributed by atoms with E-state index >= 15 is 0 Å². The maximum atomic E-state index is 11.6. The zero-order valence-corrected chi connectivity index (χ0v) is 14.4. The van der Waals surface area contributed by atoms with E-state index in [1.165, 1.54) is 38.5 Å². The number of hydrogen-bond donors (Lipinski definition) is 3. The van der Waals surface area contributed by atoms with Crippen LogP contribution in [0.2, 0.25) is 0 Å². The van der Waals surface area contributed by atoms with E-state index in [-0.39, 0.29) is 11.9 Å². The van der Waals surface area contributed by atoms with Crippen LogP contribution in [0.25, 0.3) is 0 Å². The van der Waals surface area contributed by atoms with Crippen LogP contribution in [0.5, 0.6) is 0 Å². The highest BCUT2D eigenvalue weighted by molar-refractivity contribution is 5.76. The number of carbonyl (C=O) groups is 1. The number of aliphatic imine (C=N–C) groups is 1. The normalized spacial score (nSPS) is 10.4. The molecule has 0 bridgehead atoms. The van der Waals surface area contributed by atoms with Crippen LogP contribution >= 0.6 is 0 Å². The molecule has 1 amide bonds. The van der Waals surface area contributed by atoms with Crippen LogP contribution in [-0.4, -0.2) is 25.0 Å². The second-order valence-electron chi connectivity index (χ2n) is 5.94. The quantitative estimate of drug-likeness (QED) is 0.246. The average Bonchev–Trinajstić information content (AvgIpc) is 2.48.